The summed E-state index contributed by atoms with van der Waals surface area (Å²) in [6.07, 6.45) is 2.37. The summed E-state index contributed by atoms with van der Waals surface area (Å²) in [5.41, 5.74) is 0. The quantitative estimate of drug-likeness (QED) is 0.360. The zero-order chi connectivity index (χ0) is 18.4. The second-order valence-electron chi connectivity index (χ2n) is 5.52. The van der Waals surface area contributed by atoms with E-state index in [0.717, 1.165) is 0 Å². The van der Waals surface area contributed by atoms with Crippen LogP contribution in [0.15, 0.2) is 25.3 Å². The molecular weight excluding hydrogens is 312 g/mol. The summed E-state index contributed by atoms with van der Waals surface area (Å²) in [7, 11) is 0. The number of nitrogens with one attached hydrogen (secondary N) is 2. The number of carbonyl (C=O) groups is 2. The van der Waals surface area contributed by atoms with Gasteiger partial charge < -0.3 is 24.8 Å². The van der Waals surface area contributed by atoms with Crippen LogP contribution in [0.2, 0.25) is 0 Å². The molecule has 24 heavy (non-hydrogen) atoms. The third kappa shape index (κ3) is 12.8. The van der Waals surface area contributed by atoms with E-state index in [1.165, 1.54) is 12.2 Å². The summed E-state index contributed by atoms with van der Waals surface area (Å²) in [6.45, 7) is 14.5. The van der Waals surface area contributed by atoms with Crippen molar-refractivity contribution >= 4 is 11.8 Å². The van der Waals surface area contributed by atoms with Crippen LogP contribution in [0, 0.1) is 0 Å². The van der Waals surface area contributed by atoms with Crippen LogP contribution in [-0.2, 0) is 23.8 Å². The Kier molecular flexibility index (Phi) is 12.7. The third-order valence-electron chi connectivity index (χ3n) is 2.87. The van der Waals surface area contributed by atoms with Gasteiger partial charge in [0.1, 0.15) is 0 Å². The fraction of sp³-hybridized carbons (Fsp3) is 0.647. The van der Waals surface area contributed by atoms with Gasteiger partial charge in [0.15, 0.2) is 0 Å². The molecule has 7 heteroatoms. The van der Waals surface area contributed by atoms with E-state index < -0.39 is 0 Å². The second-order valence-corrected chi connectivity index (χ2v) is 5.52. The first-order valence-corrected chi connectivity index (χ1v) is 8.02. The second kappa shape index (κ2) is 13.7. The van der Waals surface area contributed by atoms with Crippen molar-refractivity contribution in [1.82, 2.24) is 10.6 Å². The highest BCUT2D eigenvalue weighted by molar-refractivity contribution is 5.87. The zero-order valence-electron chi connectivity index (χ0n) is 14.9. The van der Waals surface area contributed by atoms with Gasteiger partial charge >= 0.3 is 0 Å². The Morgan fingerprint density at radius 1 is 0.875 bits per heavy atom. The lowest BCUT2D eigenvalue weighted by molar-refractivity contribution is -0.118. The van der Waals surface area contributed by atoms with Gasteiger partial charge in [-0.1, -0.05) is 13.2 Å². The third-order valence-corrected chi connectivity index (χ3v) is 2.87. The fourth-order valence-electron chi connectivity index (χ4n) is 1.67. The molecular formula is C17H30N2O5. The molecule has 0 aromatic rings. The molecule has 0 aliphatic rings. The van der Waals surface area contributed by atoms with Crippen LogP contribution in [0.5, 0.6) is 0 Å². The Morgan fingerprint density at radius 3 is 1.83 bits per heavy atom. The minimum absolute atomic E-state index is 0.0787. The van der Waals surface area contributed by atoms with Gasteiger partial charge in [0.05, 0.1) is 39.1 Å². The average Bonchev–Trinajstić information content (AvgIpc) is 2.55. The van der Waals surface area contributed by atoms with E-state index in [9.17, 15) is 9.59 Å². The lowest BCUT2D eigenvalue weighted by Crippen LogP contribution is -2.36. The van der Waals surface area contributed by atoms with Crippen LogP contribution in [0.25, 0.3) is 0 Å². The van der Waals surface area contributed by atoms with E-state index in [2.05, 4.69) is 23.8 Å². The largest absolute Gasteiger partial charge is 0.377 e. The molecule has 0 aromatic heterocycles. The fourth-order valence-corrected chi connectivity index (χ4v) is 1.67. The number of hydrogen-bond donors (Lipinski definition) is 2. The van der Waals surface area contributed by atoms with Crippen LogP contribution in [0.4, 0.5) is 0 Å². The van der Waals surface area contributed by atoms with Gasteiger partial charge in [0.2, 0.25) is 11.8 Å². The molecule has 0 fully saturated rings. The van der Waals surface area contributed by atoms with Crippen LogP contribution >= 0.6 is 0 Å². The monoisotopic (exact) mass is 342 g/mol. The van der Waals surface area contributed by atoms with E-state index in [0.29, 0.717) is 33.0 Å². The first kappa shape index (κ1) is 22.3. The lowest BCUT2D eigenvalue weighted by atomic mass is 10.3. The number of amides is 2. The van der Waals surface area contributed by atoms with E-state index in [1.807, 2.05) is 20.8 Å². The Labute approximate surface area is 144 Å². The molecule has 0 saturated carbocycles. The highest BCUT2D eigenvalue weighted by atomic mass is 16.5. The summed E-state index contributed by atoms with van der Waals surface area (Å²) in [5, 5.41) is 5.42. The summed E-state index contributed by atoms with van der Waals surface area (Å²) in [6, 6.07) is -0.168. The molecule has 138 valence electrons. The highest BCUT2D eigenvalue weighted by Crippen LogP contribution is 1.95. The topological polar surface area (TPSA) is 85.9 Å². The van der Waals surface area contributed by atoms with Crippen LogP contribution in [0.3, 0.4) is 0 Å². The Balaban J connectivity index is 3.56. The van der Waals surface area contributed by atoms with E-state index in [1.54, 1.807) is 0 Å². The summed E-state index contributed by atoms with van der Waals surface area (Å²) >= 11 is 0. The number of carbonyl (C=O) groups excluding carboxylic acids is 2. The smallest absolute Gasteiger partial charge is 0.243 e. The van der Waals surface area contributed by atoms with Crippen LogP contribution in [-0.4, -0.2) is 63.0 Å². The van der Waals surface area contributed by atoms with Crippen molar-refractivity contribution in [3.8, 4) is 0 Å². The van der Waals surface area contributed by atoms with Gasteiger partial charge in [-0.2, -0.15) is 0 Å². The van der Waals surface area contributed by atoms with Gasteiger partial charge in [0, 0.05) is 12.1 Å². The van der Waals surface area contributed by atoms with Gasteiger partial charge in [-0.25, -0.2) is 0 Å². The maximum atomic E-state index is 11.1. The molecule has 0 spiro atoms. The van der Waals surface area contributed by atoms with Crippen molar-refractivity contribution in [2.24, 2.45) is 0 Å². The molecule has 0 bridgehead atoms. The van der Waals surface area contributed by atoms with E-state index in [-0.39, 0.29) is 30.0 Å². The molecule has 2 amide bonds. The van der Waals surface area contributed by atoms with Gasteiger partial charge in [-0.3, -0.25) is 9.59 Å². The van der Waals surface area contributed by atoms with Gasteiger partial charge in [-0.05, 0) is 32.9 Å². The maximum absolute atomic E-state index is 11.1. The molecule has 3 unspecified atom stereocenters. The molecule has 0 aliphatic carbocycles. The van der Waals surface area contributed by atoms with Crippen LogP contribution < -0.4 is 10.6 Å². The predicted octanol–water partition coefficient (Wildman–Crippen LogP) is 0.806. The van der Waals surface area contributed by atoms with E-state index >= 15 is 0 Å². The first-order valence-electron chi connectivity index (χ1n) is 8.02. The standard InChI is InChI=1S/C17H30N2O5/c1-6-16(20)18-13(3)10-22-8-9-23-12-15(5)24-11-14(4)19-17(21)7-2/h6-7,13-15H,1-2,8-12H2,3-5H3,(H,18,20)(H,19,21). The normalized spacial score (nSPS) is 14.3. The minimum Gasteiger partial charge on any atom is -0.377 e. The molecule has 0 aliphatic heterocycles. The highest BCUT2D eigenvalue weighted by Gasteiger charge is 2.08. The molecule has 3 atom stereocenters. The molecule has 7 nitrogen and oxygen atoms in total. The summed E-state index contributed by atoms with van der Waals surface area (Å²) < 4.78 is 16.4. The first-order chi connectivity index (χ1) is 11.4. The van der Waals surface area contributed by atoms with Crippen molar-refractivity contribution in [2.75, 3.05) is 33.0 Å². The van der Waals surface area contributed by atoms with Crippen molar-refractivity contribution < 1.29 is 23.8 Å². The van der Waals surface area contributed by atoms with Crippen molar-refractivity contribution in [3.63, 3.8) is 0 Å². The average molecular weight is 342 g/mol. The number of ether oxygens (including phenoxy) is 3. The molecule has 2 N–H and O–H groups in total. The Hall–Kier alpha value is -1.70. The molecule has 0 heterocycles. The van der Waals surface area contributed by atoms with Crippen molar-refractivity contribution in [3.05, 3.63) is 25.3 Å². The summed E-state index contributed by atoms with van der Waals surface area (Å²) in [5.74, 6) is -0.433. The SMILES string of the molecule is C=CC(=O)NC(C)COCCOCC(C)OCC(C)NC(=O)C=C. The molecule has 0 saturated heterocycles. The summed E-state index contributed by atoms with van der Waals surface area (Å²) in [4.78, 5) is 22.2. The van der Waals surface area contributed by atoms with Crippen molar-refractivity contribution in [1.29, 1.82) is 0 Å². The van der Waals surface area contributed by atoms with E-state index in [4.69, 9.17) is 14.2 Å². The van der Waals surface area contributed by atoms with Crippen molar-refractivity contribution in [2.45, 2.75) is 39.0 Å². The Bertz CT molecular complexity index is 400. The van der Waals surface area contributed by atoms with Gasteiger partial charge in [-0.15, -0.1) is 0 Å². The maximum Gasteiger partial charge on any atom is 0.243 e. The lowest BCUT2D eigenvalue weighted by Gasteiger charge is -2.18. The zero-order valence-corrected chi connectivity index (χ0v) is 14.9. The number of rotatable bonds is 14. The number of hydrogen-bond acceptors (Lipinski definition) is 5. The van der Waals surface area contributed by atoms with Crippen LogP contribution in [0.1, 0.15) is 20.8 Å². The Morgan fingerprint density at radius 2 is 1.33 bits per heavy atom. The predicted molar refractivity (Wildman–Crippen MR) is 92.7 cm³/mol. The van der Waals surface area contributed by atoms with Gasteiger partial charge in [0.25, 0.3) is 0 Å². The molecule has 0 rings (SSSR count). The molecule has 0 aromatic carbocycles. The molecule has 0 radical (unpaired) electrons. The minimum atomic E-state index is -0.217.